The topological polar surface area (TPSA) is 186 Å². The lowest BCUT2D eigenvalue weighted by molar-refractivity contribution is -0.144. The minimum Gasteiger partial charge on any atom is -0.480 e. The van der Waals surface area contributed by atoms with E-state index in [-0.39, 0.29) is 36.9 Å². The zero-order chi connectivity index (χ0) is 37.8. The minimum atomic E-state index is -1.26. The fraction of sp³-hybridized carbons (Fsp3) is 0.575. The highest BCUT2D eigenvalue weighted by Gasteiger charge is 2.46. The maximum Gasteiger partial charge on any atom is 0.317 e. The number of carbonyl (C=O) groups excluding carboxylic acids is 4. The zero-order valence-electron chi connectivity index (χ0n) is 30.9. The molecule has 53 heavy (non-hydrogen) atoms. The molecule has 2 aromatic rings. The van der Waals surface area contributed by atoms with Crippen LogP contribution in [0.25, 0.3) is 0 Å². The summed E-state index contributed by atoms with van der Waals surface area (Å²) in [6.45, 7) is 1.23. The van der Waals surface area contributed by atoms with Gasteiger partial charge in [-0.3, -0.25) is 28.9 Å². The Hall–Kier alpha value is -4.33. The number of fused-ring (bicyclic) bond motifs is 2. The van der Waals surface area contributed by atoms with Crippen LogP contribution in [0.15, 0.2) is 60.7 Å². The van der Waals surface area contributed by atoms with E-state index in [4.69, 9.17) is 5.73 Å². The van der Waals surface area contributed by atoms with E-state index in [1.165, 1.54) is 0 Å². The van der Waals surface area contributed by atoms with Crippen LogP contribution in [0, 0.1) is 0 Å². The maximum atomic E-state index is 14.5. The maximum absolute atomic E-state index is 14.5. The van der Waals surface area contributed by atoms with E-state index >= 15 is 0 Å². The number of likely N-dealkylation sites (N-methyl/N-ethyl adjacent to an activating group) is 1. The lowest BCUT2D eigenvalue weighted by atomic mass is 9.80. The highest BCUT2D eigenvalue weighted by atomic mass is 16.4. The van der Waals surface area contributed by atoms with Crippen molar-refractivity contribution in [2.75, 3.05) is 33.2 Å². The molecule has 1 aliphatic carbocycles. The van der Waals surface area contributed by atoms with E-state index < -0.39 is 41.4 Å². The Labute approximate surface area is 312 Å². The number of carbonyl (C=O) groups is 5. The van der Waals surface area contributed by atoms with Crippen LogP contribution < -0.4 is 27.0 Å². The van der Waals surface area contributed by atoms with Gasteiger partial charge in [-0.15, -0.1) is 0 Å². The summed E-state index contributed by atoms with van der Waals surface area (Å²) in [7, 11) is 1.72. The largest absolute Gasteiger partial charge is 0.480 e. The average molecular weight is 732 g/mol. The predicted octanol–water partition coefficient (Wildman–Crippen LogP) is 1.74. The molecule has 2 heterocycles. The van der Waals surface area contributed by atoms with Crippen LogP contribution in [0.3, 0.4) is 0 Å². The van der Waals surface area contributed by atoms with E-state index in [0.717, 1.165) is 43.2 Å². The van der Waals surface area contributed by atoms with Crippen molar-refractivity contribution >= 4 is 29.6 Å². The van der Waals surface area contributed by atoms with Gasteiger partial charge >= 0.3 is 5.97 Å². The van der Waals surface area contributed by atoms with Crippen LogP contribution in [0.1, 0.15) is 75.3 Å². The molecule has 0 aromatic heterocycles. The van der Waals surface area contributed by atoms with E-state index in [0.29, 0.717) is 58.2 Å². The molecule has 13 nitrogen and oxygen atoms in total. The molecular formula is C40H57N7O6. The van der Waals surface area contributed by atoms with Gasteiger partial charge in [-0.05, 0) is 76.1 Å². The van der Waals surface area contributed by atoms with Crippen LogP contribution in [-0.4, -0.2) is 113 Å². The molecule has 13 heteroatoms. The van der Waals surface area contributed by atoms with Crippen molar-refractivity contribution in [1.82, 2.24) is 31.1 Å². The second-order valence-electron chi connectivity index (χ2n) is 14.9. The van der Waals surface area contributed by atoms with Crippen LogP contribution in [0.5, 0.6) is 0 Å². The van der Waals surface area contributed by atoms with Gasteiger partial charge in [0.2, 0.25) is 23.6 Å². The van der Waals surface area contributed by atoms with Gasteiger partial charge in [0, 0.05) is 31.6 Å². The summed E-state index contributed by atoms with van der Waals surface area (Å²) in [5.41, 5.74) is 6.38. The summed E-state index contributed by atoms with van der Waals surface area (Å²) in [5.74, 6) is -2.24. The van der Waals surface area contributed by atoms with Crippen LogP contribution in [0.4, 0.5) is 0 Å². The lowest BCUT2D eigenvalue weighted by Gasteiger charge is -2.42. The van der Waals surface area contributed by atoms with E-state index in [1.807, 2.05) is 65.6 Å². The van der Waals surface area contributed by atoms with Crippen LogP contribution in [0.2, 0.25) is 0 Å². The Kier molecular flexibility index (Phi) is 14.4. The third kappa shape index (κ3) is 10.6. The van der Waals surface area contributed by atoms with Gasteiger partial charge in [-0.1, -0.05) is 79.9 Å². The number of hydrogen-bond donors (Lipinski definition) is 6. The highest BCUT2D eigenvalue weighted by molar-refractivity contribution is 5.97. The van der Waals surface area contributed by atoms with Crippen molar-refractivity contribution in [3.63, 3.8) is 0 Å². The number of carboxylic acid groups (broad SMARTS) is 1. The number of unbranched alkanes of at least 4 members (excludes halogenated alkanes) is 1. The second-order valence-corrected chi connectivity index (χ2v) is 14.9. The molecule has 1 saturated carbocycles. The van der Waals surface area contributed by atoms with Crippen molar-refractivity contribution in [3.05, 3.63) is 71.8 Å². The molecule has 0 radical (unpaired) electrons. The first kappa shape index (κ1) is 39.9. The lowest BCUT2D eigenvalue weighted by Crippen LogP contribution is -2.66. The quantitative estimate of drug-likeness (QED) is 0.124. The highest BCUT2D eigenvalue weighted by Crippen LogP contribution is 2.32. The number of nitrogens with two attached hydrogens (primary N) is 1. The molecule has 3 aliphatic rings. The van der Waals surface area contributed by atoms with Crippen molar-refractivity contribution < 1.29 is 29.1 Å². The summed E-state index contributed by atoms with van der Waals surface area (Å²) in [6.07, 6.45) is 7.22. The van der Waals surface area contributed by atoms with E-state index in [2.05, 4.69) is 21.3 Å². The van der Waals surface area contributed by atoms with E-state index in [9.17, 15) is 29.1 Å². The molecule has 2 saturated heterocycles. The third-order valence-electron chi connectivity index (χ3n) is 11.2. The molecule has 5 atom stereocenters. The van der Waals surface area contributed by atoms with Gasteiger partial charge < -0.3 is 37.0 Å². The molecule has 5 unspecified atom stereocenters. The molecule has 4 amide bonds. The van der Waals surface area contributed by atoms with Crippen LogP contribution >= 0.6 is 0 Å². The van der Waals surface area contributed by atoms with Gasteiger partial charge in [0.1, 0.15) is 17.6 Å². The number of carboxylic acids is 1. The molecule has 3 fully saturated rings. The first-order valence-corrected chi connectivity index (χ1v) is 19.3. The number of piperazine rings is 1. The first-order valence-electron chi connectivity index (χ1n) is 19.3. The summed E-state index contributed by atoms with van der Waals surface area (Å²) in [4.78, 5) is 71.9. The number of hydrogen-bond acceptors (Lipinski definition) is 8. The predicted molar refractivity (Wildman–Crippen MR) is 202 cm³/mol. The average Bonchev–Trinajstić information content (AvgIpc) is 3.37. The Bertz CT molecular complexity index is 1520. The summed E-state index contributed by atoms with van der Waals surface area (Å²) >= 11 is 0. The van der Waals surface area contributed by atoms with Gasteiger partial charge in [0.15, 0.2) is 0 Å². The number of nitrogens with one attached hydrogen (secondary N) is 4. The molecule has 7 N–H and O–H groups in total. The summed E-state index contributed by atoms with van der Waals surface area (Å²) < 4.78 is 0. The van der Waals surface area contributed by atoms with Crippen molar-refractivity contribution in [3.8, 4) is 0 Å². The van der Waals surface area contributed by atoms with Crippen molar-refractivity contribution in [1.29, 1.82) is 0 Å². The Balaban J connectivity index is 1.33. The van der Waals surface area contributed by atoms with Gasteiger partial charge in [0.05, 0.1) is 12.6 Å². The molecule has 0 spiro atoms. The SMILES string of the molecule is CNC(Cc1ccccc1)C(=O)NC(Cc1ccccc1)C(=O)NC1(C(=O)NC(CCCCN)C(=O)N2CC3CCC(C2)N3CC(=O)O)CCCCC1. The smallest absolute Gasteiger partial charge is 0.317 e. The minimum absolute atomic E-state index is 0.0369. The molecule has 288 valence electrons. The monoisotopic (exact) mass is 731 g/mol. The number of amides is 4. The Morgan fingerprint density at radius 1 is 0.792 bits per heavy atom. The second kappa shape index (κ2) is 19.1. The van der Waals surface area contributed by atoms with Crippen molar-refractivity contribution in [2.45, 2.75) is 113 Å². The number of benzene rings is 2. The number of rotatable bonds is 18. The third-order valence-corrected chi connectivity index (χ3v) is 11.2. The van der Waals surface area contributed by atoms with E-state index in [1.54, 1.807) is 11.9 Å². The van der Waals surface area contributed by atoms with Crippen LogP contribution in [-0.2, 0) is 36.8 Å². The fourth-order valence-electron chi connectivity index (χ4n) is 8.25. The first-order chi connectivity index (χ1) is 25.6. The van der Waals surface area contributed by atoms with Gasteiger partial charge in [-0.2, -0.15) is 0 Å². The van der Waals surface area contributed by atoms with Gasteiger partial charge in [-0.25, -0.2) is 0 Å². The van der Waals surface area contributed by atoms with Crippen molar-refractivity contribution in [2.24, 2.45) is 5.73 Å². The summed E-state index contributed by atoms with van der Waals surface area (Å²) in [5, 5.41) is 21.7. The molecular weight excluding hydrogens is 674 g/mol. The summed E-state index contributed by atoms with van der Waals surface area (Å²) in [6, 6.07) is 16.7. The normalized spacial score (nSPS) is 21.2. The number of nitrogens with zero attached hydrogens (tertiary/aromatic N) is 2. The molecule has 5 rings (SSSR count). The van der Waals surface area contributed by atoms with Gasteiger partial charge in [0.25, 0.3) is 0 Å². The fourth-order valence-corrected chi connectivity index (χ4v) is 8.25. The number of aliphatic carboxylic acids is 1. The number of likely N-dealkylation sites (tertiary alicyclic amines) is 1. The Morgan fingerprint density at radius 3 is 1.92 bits per heavy atom. The zero-order valence-corrected chi connectivity index (χ0v) is 30.9. The molecule has 2 aliphatic heterocycles. The Morgan fingerprint density at radius 2 is 1.38 bits per heavy atom. The molecule has 2 bridgehead atoms. The molecule has 2 aromatic carbocycles. The standard InChI is InChI=1S/C40H57N7O6/c1-42-33(23-28-13-5-2-6-14-28)36(50)43-34(24-29-15-7-3-8-16-29)37(51)45-40(20-10-4-11-21-40)39(53)44-32(17-9-12-22-41)38(52)46-25-30-18-19-31(26-46)47(30)27-35(48)49/h2-3,5-8,13-16,30-34,42H,4,9-12,17-27,41H2,1H3,(H,43,50)(H,44,53)(H,45,51)(H,48,49).